The Hall–Kier alpha value is -1.99. The molecule has 2 atom stereocenters. The van der Waals surface area contributed by atoms with Gasteiger partial charge in [0.1, 0.15) is 6.33 Å². The van der Waals surface area contributed by atoms with Gasteiger partial charge in [0, 0.05) is 19.1 Å². The highest BCUT2D eigenvalue weighted by Gasteiger charge is 2.27. The van der Waals surface area contributed by atoms with E-state index in [-0.39, 0.29) is 11.9 Å². The second-order valence-corrected chi connectivity index (χ2v) is 6.34. The molecule has 1 amide bonds. The van der Waals surface area contributed by atoms with Crippen molar-refractivity contribution in [2.45, 2.75) is 25.8 Å². The van der Waals surface area contributed by atoms with E-state index in [9.17, 15) is 4.79 Å². The third-order valence-corrected chi connectivity index (χ3v) is 4.60. The number of aromatic nitrogens is 4. The van der Waals surface area contributed by atoms with Gasteiger partial charge in [-0.3, -0.25) is 4.79 Å². The van der Waals surface area contributed by atoms with Crippen molar-refractivity contribution in [1.29, 1.82) is 0 Å². The Morgan fingerprint density at radius 2 is 2.30 bits per heavy atom. The maximum atomic E-state index is 12.7. The molecular weight excluding hydrogens is 316 g/mol. The summed E-state index contributed by atoms with van der Waals surface area (Å²) in [6, 6.07) is 5.28. The van der Waals surface area contributed by atoms with Gasteiger partial charge in [-0.2, -0.15) is 0 Å². The maximum absolute atomic E-state index is 12.7. The number of piperidine rings is 1. The number of benzene rings is 1. The van der Waals surface area contributed by atoms with E-state index < -0.39 is 0 Å². The molecule has 2 heterocycles. The molecule has 2 N–H and O–H groups in total. The minimum atomic E-state index is -0.0522. The molecular formula is C15H19ClN6O. The SMILES string of the molecule is C[C@@H](N)[C@H]1CCCN(C(=O)c2ccc(-n3cnnn3)cc2Cl)C1. The third kappa shape index (κ3) is 3.35. The predicted octanol–water partition coefficient (Wildman–Crippen LogP) is 1.52. The summed E-state index contributed by atoms with van der Waals surface area (Å²) in [6.07, 6.45) is 3.51. The minimum Gasteiger partial charge on any atom is -0.338 e. The summed E-state index contributed by atoms with van der Waals surface area (Å²) in [5.41, 5.74) is 7.19. The lowest BCUT2D eigenvalue weighted by Gasteiger charge is -2.34. The lowest BCUT2D eigenvalue weighted by Crippen LogP contribution is -2.45. The molecule has 1 saturated heterocycles. The monoisotopic (exact) mass is 334 g/mol. The number of rotatable bonds is 3. The summed E-state index contributed by atoms with van der Waals surface area (Å²) < 4.78 is 1.49. The van der Waals surface area contributed by atoms with Gasteiger partial charge < -0.3 is 10.6 Å². The van der Waals surface area contributed by atoms with Crippen LogP contribution in [0.2, 0.25) is 5.02 Å². The Balaban J connectivity index is 1.80. The molecule has 2 aromatic rings. The van der Waals surface area contributed by atoms with Crippen molar-refractivity contribution in [3.05, 3.63) is 35.1 Å². The number of halogens is 1. The van der Waals surface area contributed by atoms with E-state index in [4.69, 9.17) is 17.3 Å². The fraction of sp³-hybridized carbons (Fsp3) is 0.467. The number of nitrogens with zero attached hydrogens (tertiary/aromatic N) is 5. The van der Waals surface area contributed by atoms with Gasteiger partial charge in [0.25, 0.3) is 5.91 Å². The lowest BCUT2D eigenvalue weighted by atomic mass is 9.92. The van der Waals surface area contributed by atoms with Crippen molar-refractivity contribution in [3.63, 3.8) is 0 Å². The van der Waals surface area contributed by atoms with Crippen molar-refractivity contribution in [2.24, 2.45) is 11.7 Å². The third-order valence-electron chi connectivity index (χ3n) is 4.29. The molecule has 0 radical (unpaired) electrons. The zero-order valence-electron chi connectivity index (χ0n) is 12.9. The van der Waals surface area contributed by atoms with Gasteiger partial charge >= 0.3 is 0 Å². The van der Waals surface area contributed by atoms with Crippen LogP contribution in [-0.4, -0.2) is 50.1 Å². The molecule has 0 aliphatic carbocycles. The van der Waals surface area contributed by atoms with Crippen LogP contribution in [0.4, 0.5) is 0 Å². The van der Waals surface area contributed by atoms with Crippen LogP contribution < -0.4 is 5.73 Å². The Bertz CT molecular complexity index is 687. The number of carbonyl (C=O) groups is 1. The van der Waals surface area contributed by atoms with Crippen LogP contribution in [0.3, 0.4) is 0 Å². The highest BCUT2D eigenvalue weighted by Crippen LogP contribution is 2.25. The highest BCUT2D eigenvalue weighted by atomic mass is 35.5. The number of hydrogen-bond donors (Lipinski definition) is 1. The van der Waals surface area contributed by atoms with Gasteiger partial charge in [-0.25, -0.2) is 4.68 Å². The molecule has 1 aromatic carbocycles. The standard InChI is InChI=1S/C15H19ClN6O/c1-10(17)11-3-2-6-21(8-11)15(23)13-5-4-12(7-14(13)16)22-9-18-19-20-22/h4-5,7,9-11H,2-3,6,8,17H2,1H3/t10-,11+/m1/s1. The number of amides is 1. The number of tetrazole rings is 1. The molecule has 122 valence electrons. The summed E-state index contributed by atoms with van der Waals surface area (Å²) in [7, 11) is 0. The topological polar surface area (TPSA) is 89.9 Å². The van der Waals surface area contributed by atoms with Gasteiger partial charge in [0.05, 0.1) is 16.3 Å². The molecule has 1 aromatic heterocycles. The lowest BCUT2D eigenvalue weighted by molar-refractivity contribution is 0.0661. The maximum Gasteiger partial charge on any atom is 0.255 e. The van der Waals surface area contributed by atoms with E-state index in [0.717, 1.165) is 19.4 Å². The van der Waals surface area contributed by atoms with Crippen molar-refractivity contribution >= 4 is 17.5 Å². The molecule has 8 heteroatoms. The average molecular weight is 335 g/mol. The van der Waals surface area contributed by atoms with Crippen LogP contribution in [0.15, 0.2) is 24.5 Å². The van der Waals surface area contributed by atoms with Crippen LogP contribution in [0.1, 0.15) is 30.1 Å². The van der Waals surface area contributed by atoms with E-state index in [1.54, 1.807) is 18.2 Å². The number of likely N-dealkylation sites (tertiary alicyclic amines) is 1. The molecule has 1 fully saturated rings. The first-order valence-corrected chi connectivity index (χ1v) is 8.02. The first kappa shape index (κ1) is 15.9. The van der Waals surface area contributed by atoms with E-state index >= 15 is 0 Å². The molecule has 23 heavy (non-hydrogen) atoms. The smallest absolute Gasteiger partial charge is 0.255 e. The molecule has 1 aliphatic rings. The van der Waals surface area contributed by atoms with Crippen LogP contribution in [0, 0.1) is 5.92 Å². The van der Waals surface area contributed by atoms with Crippen LogP contribution >= 0.6 is 11.6 Å². The van der Waals surface area contributed by atoms with Gasteiger partial charge in [0.2, 0.25) is 0 Å². The Morgan fingerprint density at radius 3 is 2.96 bits per heavy atom. The quantitative estimate of drug-likeness (QED) is 0.919. The van der Waals surface area contributed by atoms with Crippen molar-refractivity contribution in [3.8, 4) is 5.69 Å². The number of carbonyl (C=O) groups excluding carboxylic acids is 1. The fourth-order valence-electron chi connectivity index (χ4n) is 2.89. The van der Waals surface area contributed by atoms with Crippen molar-refractivity contribution in [1.82, 2.24) is 25.1 Å². The summed E-state index contributed by atoms with van der Waals surface area (Å²) in [6.45, 7) is 3.42. The van der Waals surface area contributed by atoms with Crippen molar-refractivity contribution < 1.29 is 4.79 Å². The summed E-state index contributed by atoms with van der Waals surface area (Å²) >= 11 is 6.31. The molecule has 7 nitrogen and oxygen atoms in total. The van der Waals surface area contributed by atoms with E-state index in [2.05, 4.69) is 15.5 Å². The van der Waals surface area contributed by atoms with E-state index in [1.165, 1.54) is 11.0 Å². The van der Waals surface area contributed by atoms with Crippen molar-refractivity contribution in [2.75, 3.05) is 13.1 Å². The largest absolute Gasteiger partial charge is 0.338 e. The van der Waals surface area contributed by atoms with Crippen LogP contribution in [-0.2, 0) is 0 Å². The van der Waals surface area contributed by atoms with Gasteiger partial charge in [-0.1, -0.05) is 11.6 Å². The first-order valence-electron chi connectivity index (χ1n) is 7.64. The normalized spacial score (nSPS) is 19.6. The Morgan fingerprint density at radius 1 is 1.48 bits per heavy atom. The highest BCUT2D eigenvalue weighted by molar-refractivity contribution is 6.34. The van der Waals surface area contributed by atoms with E-state index in [0.29, 0.717) is 28.7 Å². The molecule has 3 rings (SSSR count). The molecule has 0 spiro atoms. The summed E-state index contributed by atoms with van der Waals surface area (Å²) in [5, 5.41) is 11.4. The fourth-order valence-corrected chi connectivity index (χ4v) is 3.15. The molecule has 0 saturated carbocycles. The van der Waals surface area contributed by atoms with Crippen LogP contribution in [0.25, 0.3) is 5.69 Å². The minimum absolute atomic E-state index is 0.0522. The Labute approximate surface area is 139 Å². The molecule has 1 aliphatic heterocycles. The number of nitrogens with two attached hydrogens (primary N) is 1. The average Bonchev–Trinajstić information content (AvgIpc) is 3.08. The van der Waals surface area contributed by atoms with Crippen LogP contribution in [0.5, 0.6) is 0 Å². The second kappa shape index (κ2) is 6.64. The summed E-state index contributed by atoms with van der Waals surface area (Å²) in [5.74, 6) is 0.288. The summed E-state index contributed by atoms with van der Waals surface area (Å²) in [4.78, 5) is 14.6. The zero-order valence-corrected chi connectivity index (χ0v) is 13.6. The van der Waals surface area contributed by atoms with Gasteiger partial charge in [-0.15, -0.1) is 5.10 Å². The molecule has 0 bridgehead atoms. The first-order chi connectivity index (χ1) is 11.1. The van der Waals surface area contributed by atoms with Gasteiger partial charge in [0.15, 0.2) is 0 Å². The second-order valence-electron chi connectivity index (χ2n) is 5.93. The van der Waals surface area contributed by atoms with E-state index in [1.807, 2.05) is 11.8 Å². The predicted molar refractivity (Wildman–Crippen MR) is 86.4 cm³/mol. The zero-order chi connectivity index (χ0) is 16.4. The Kier molecular flexibility index (Phi) is 4.58. The number of hydrogen-bond acceptors (Lipinski definition) is 5. The van der Waals surface area contributed by atoms with Gasteiger partial charge in [-0.05, 0) is 54.3 Å². The molecule has 0 unspecified atom stereocenters.